The monoisotopic (exact) mass is 320 g/mol. The maximum atomic E-state index is 12.0. The van der Waals surface area contributed by atoms with Crippen molar-refractivity contribution in [3.05, 3.63) is 49.8 Å². The Hall–Kier alpha value is -1.42. The van der Waals surface area contributed by atoms with Gasteiger partial charge in [-0.15, -0.1) is 0 Å². The van der Waals surface area contributed by atoms with Crippen LogP contribution in [-0.2, 0) is 6.42 Å². The summed E-state index contributed by atoms with van der Waals surface area (Å²) in [5, 5.41) is 0. The lowest BCUT2D eigenvalue weighted by molar-refractivity contribution is 0.861. The highest BCUT2D eigenvalue weighted by Gasteiger charge is 2.11. The van der Waals surface area contributed by atoms with Crippen LogP contribution in [0.1, 0.15) is 30.2 Å². The molecule has 0 radical (unpaired) electrons. The van der Waals surface area contributed by atoms with Crippen LogP contribution in [0, 0.1) is 13.8 Å². The molecule has 1 N–H and O–H groups in total. The second-order valence-corrected chi connectivity index (χ2v) is 5.54. The zero-order valence-corrected chi connectivity index (χ0v) is 13.0. The Balaban J connectivity index is 2.62. The third kappa shape index (κ3) is 2.95. The first-order chi connectivity index (χ1) is 9.02. The van der Waals surface area contributed by atoms with Gasteiger partial charge in [-0.2, -0.15) is 0 Å². The van der Waals surface area contributed by atoms with Gasteiger partial charge in [-0.3, -0.25) is 4.79 Å². The van der Waals surface area contributed by atoms with Crippen molar-refractivity contribution in [3.63, 3.8) is 0 Å². The molecule has 1 aromatic heterocycles. The van der Waals surface area contributed by atoms with Gasteiger partial charge >= 0.3 is 0 Å². The topological polar surface area (TPSA) is 45.8 Å². The van der Waals surface area contributed by atoms with Crippen molar-refractivity contribution in [1.29, 1.82) is 0 Å². The Bertz CT molecular complexity index is 662. The van der Waals surface area contributed by atoms with Crippen LogP contribution in [0.25, 0.3) is 11.4 Å². The average Bonchev–Trinajstić information content (AvgIpc) is 2.38. The molecule has 0 spiro atoms. The molecule has 1 heterocycles. The van der Waals surface area contributed by atoms with Crippen molar-refractivity contribution in [3.8, 4) is 11.4 Å². The van der Waals surface area contributed by atoms with E-state index in [0.717, 1.165) is 35.2 Å². The molecule has 2 aromatic rings. The van der Waals surface area contributed by atoms with Crippen LogP contribution >= 0.6 is 15.9 Å². The van der Waals surface area contributed by atoms with Gasteiger partial charge in [0.25, 0.3) is 5.56 Å². The Morgan fingerprint density at radius 2 is 2.05 bits per heavy atom. The Kier molecular flexibility index (Phi) is 4.20. The van der Waals surface area contributed by atoms with Crippen molar-refractivity contribution >= 4 is 15.9 Å². The van der Waals surface area contributed by atoms with Gasteiger partial charge in [0.1, 0.15) is 10.3 Å². The molecule has 0 saturated heterocycles. The number of aryl methyl sites for hydroxylation is 3. The molecule has 0 aliphatic rings. The summed E-state index contributed by atoms with van der Waals surface area (Å²) in [6.07, 6.45) is 1.75. The Labute approximate surface area is 121 Å². The summed E-state index contributed by atoms with van der Waals surface area (Å²) in [7, 11) is 0. The fraction of sp³-hybridized carbons (Fsp3) is 0.333. The third-order valence-electron chi connectivity index (χ3n) is 3.07. The number of hydrogen-bond donors (Lipinski definition) is 1. The maximum Gasteiger partial charge on any atom is 0.265 e. The van der Waals surface area contributed by atoms with Crippen LogP contribution in [-0.4, -0.2) is 9.97 Å². The summed E-state index contributed by atoms with van der Waals surface area (Å²) >= 11 is 3.31. The van der Waals surface area contributed by atoms with E-state index in [4.69, 9.17) is 0 Å². The highest BCUT2D eigenvalue weighted by Crippen LogP contribution is 2.22. The normalized spacial score (nSPS) is 10.7. The van der Waals surface area contributed by atoms with E-state index in [1.165, 1.54) is 0 Å². The minimum Gasteiger partial charge on any atom is -0.306 e. The summed E-state index contributed by atoms with van der Waals surface area (Å²) in [4.78, 5) is 19.4. The van der Waals surface area contributed by atoms with Crippen molar-refractivity contribution < 1.29 is 0 Å². The van der Waals surface area contributed by atoms with E-state index in [1.807, 2.05) is 19.9 Å². The van der Waals surface area contributed by atoms with Gasteiger partial charge in [-0.1, -0.05) is 31.0 Å². The molecule has 0 saturated carbocycles. The summed E-state index contributed by atoms with van der Waals surface area (Å²) in [6, 6.07) is 6.16. The number of nitrogens with one attached hydrogen (secondary N) is 1. The minimum absolute atomic E-state index is 0.116. The van der Waals surface area contributed by atoms with Crippen LogP contribution in [0.2, 0.25) is 0 Å². The Morgan fingerprint density at radius 3 is 2.74 bits per heavy atom. The van der Waals surface area contributed by atoms with Gasteiger partial charge in [0.05, 0.1) is 5.69 Å². The standard InChI is InChI=1S/C15H17BrN2O/c1-4-5-12-13(16)15(19)18-14(17-12)11-8-9(2)6-7-10(11)3/h6-8H,4-5H2,1-3H3,(H,17,18,19). The first-order valence-electron chi connectivity index (χ1n) is 6.39. The first kappa shape index (κ1) is 14.0. The van der Waals surface area contributed by atoms with Gasteiger partial charge in [-0.05, 0) is 47.8 Å². The van der Waals surface area contributed by atoms with Crippen molar-refractivity contribution in [2.24, 2.45) is 0 Å². The number of H-pyrrole nitrogens is 1. The van der Waals surface area contributed by atoms with Crippen LogP contribution in [0.5, 0.6) is 0 Å². The molecular weight excluding hydrogens is 304 g/mol. The van der Waals surface area contributed by atoms with E-state index in [0.29, 0.717) is 10.3 Å². The van der Waals surface area contributed by atoms with Gasteiger partial charge < -0.3 is 4.98 Å². The van der Waals surface area contributed by atoms with E-state index < -0.39 is 0 Å². The molecule has 4 heteroatoms. The minimum atomic E-state index is -0.116. The predicted molar refractivity (Wildman–Crippen MR) is 81.5 cm³/mol. The quantitative estimate of drug-likeness (QED) is 0.935. The summed E-state index contributed by atoms with van der Waals surface area (Å²) in [5.41, 5.74) is 3.96. The molecule has 3 nitrogen and oxygen atoms in total. The van der Waals surface area contributed by atoms with Gasteiger partial charge in [0.2, 0.25) is 0 Å². The van der Waals surface area contributed by atoms with E-state index in [1.54, 1.807) is 0 Å². The molecular formula is C15H17BrN2O. The fourth-order valence-corrected chi connectivity index (χ4v) is 2.41. The summed E-state index contributed by atoms with van der Waals surface area (Å²) in [5.74, 6) is 0.651. The zero-order valence-electron chi connectivity index (χ0n) is 11.4. The molecule has 19 heavy (non-hydrogen) atoms. The maximum absolute atomic E-state index is 12.0. The van der Waals surface area contributed by atoms with Crippen molar-refractivity contribution in [1.82, 2.24) is 9.97 Å². The SMILES string of the molecule is CCCc1nc(-c2cc(C)ccc2C)[nH]c(=O)c1Br. The molecule has 100 valence electrons. The molecule has 2 rings (SSSR count). The van der Waals surface area contributed by atoms with Gasteiger partial charge in [0, 0.05) is 5.56 Å². The molecule has 0 amide bonds. The summed E-state index contributed by atoms with van der Waals surface area (Å²) in [6.45, 7) is 6.13. The largest absolute Gasteiger partial charge is 0.306 e. The van der Waals surface area contributed by atoms with E-state index in [-0.39, 0.29) is 5.56 Å². The van der Waals surface area contributed by atoms with E-state index in [9.17, 15) is 4.79 Å². The average molecular weight is 321 g/mol. The molecule has 0 unspecified atom stereocenters. The lowest BCUT2D eigenvalue weighted by atomic mass is 10.0. The summed E-state index contributed by atoms with van der Waals surface area (Å²) < 4.78 is 0.545. The molecule has 1 aromatic carbocycles. The van der Waals surface area contributed by atoms with Crippen LogP contribution < -0.4 is 5.56 Å². The Morgan fingerprint density at radius 1 is 1.32 bits per heavy atom. The number of rotatable bonds is 3. The van der Waals surface area contributed by atoms with Crippen molar-refractivity contribution in [2.45, 2.75) is 33.6 Å². The van der Waals surface area contributed by atoms with Crippen LogP contribution in [0.4, 0.5) is 0 Å². The van der Waals surface area contributed by atoms with Gasteiger partial charge in [-0.25, -0.2) is 4.98 Å². The number of halogens is 1. The highest BCUT2D eigenvalue weighted by molar-refractivity contribution is 9.10. The number of benzene rings is 1. The van der Waals surface area contributed by atoms with E-state index >= 15 is 0 Å². The second-order valence-electron chi connectivity index (χ2n) is 4.74. The predicted octanol–water partition coefficient (Wildman–Crippen LogP) is 3.77. The van der Waals surface area contributed by atoms with Crippen molar-refractivity contribution in [2.75, 3.05) is 0 Å². The molecule has 0 bridgehead atoms. The fourth-order valence-electron chi connectivity index (χ4n) is 2.03. The molecule has 0 fully saturated rings. The molecule has 0 atom stereocenters. The lowest BCUT2D eigenvalue weighted by Crippen LogP contribution is -2.14. The number of hydrogen-bond acceptors (Lipinski definition) is 2. The first-order valence-corrected chi connectivity index (χ1v) is 7.18. The number of aromatic amines is 1. The number of nitrogens with zero attached hydrogens (tertiary/aromatic N) is 1. The smallest absolute Gasteiger partial charge is 0.265 e. The zero-order chi connectivity index (χ0) is 14.0. The van der Waals surface area contributed by atoms with Gasteiger partial charge in [0.15, 0.2) is 0 Å². The number of aromatic nitrogens is 2. The third-order valence-corrected chi connectivity index (χ3v) is 3.88. The lowest BCUT2D eigenvalue weighted by Gasteiger charge is -2.09. The van der Waals surface area contributed by atoms with E-state index in [2.05, 4.69) is 45.0 Å². The molecule has 0 aliphatic heterocycles. The van der Waals surface area contributed by atoms with Crippen LogP contribution in [0.3, 0.4) is 0 Å². The second kappa shape index (κ2) is 5.70. The molecule has 0 aliphatic carbocycles. The van der Waals surface area contributed by atoms with Crippen LogP contribution in [0.15, 0.2) is 27.5 Å². The highest BCUT2D eigenvalue weighted by atomic mass is 79.9.